The molecule has 246 valence electrons. The zero-order chi connectivity index (χ0) is 31.7. The van der Waals surface area contributed by atoms with Crippen molar-refractivity contribution < 1.29 is 28.1 Å². The summed E-state index contributed by atoms with van der Waals surface area (Å²) in [6.45, 7) is 15.8. The van der Waals surface area contributed by atoms with E-state index in [0.29, 0.717) is 13.0 Å². The van der Waals surface area contributed by atoms with Crippen LogP contribution in [0.25, 0.3) is 0 Å². The summed E-state index contributed by atoms with van der Waals surface area (Å²) in [5, 5.41) is 0.0879. The van der Waals surface area contributed by atoms with Gasteiger partial charge in [-0.2, -0.15) is 0 Å². The third-order valence-corrected chi connectivity index (χ3v) is 15.0. The molecular weight excluding hydrogens is 636 g/mol. The summed E-state index contributed by atoms with van der Waals surface area (Å²) in [6.07, 6.45) is 13.9. The van der Waals surface area contributed by atoms with Crippen LogP contribution in [0.15, 0.2) is 41.7 Å². The Morgan fingerprint density at radius 2 is 1.68 bits per heavy atom. The topological polar surface area (TPSA) is 55.4 Å². The third kappa shape index (κ3) is 9.83. The molecule has 0 aromatic heterocycles. The highest BCUT2D eigenvalue weighted by Crippen LogP contribution is 2.49. The summed E-state index contributed by atoms with van der Waals surface area (Å²) < 4.78 is 39.1. The molecule has 0 spiro atoms. The second kappa shape index (κ2) is 16.5. The van der Waals surface area contributed by atoms with E-state index in [4.69, 9.17) is 34.5 Å². The maximum absolute atomic E-state index is 7.21. The highest BCUT2D eigenvalue weighted by molar-refractivity contribution is 9.09. The van der Waals surface area contributed by atoms with Gasteiger partial charge < -0.3 is 28.1 Å². The first-order valence-corrected chi connectivity index (χ1v) is 20.5. The number of benzene rings is 1. The SMILES string of the molecule is C#C[C@H](Br)C[C@@H]1[C@@H](C(C)=C(CCOc2ccccc2)OC2CCCCO2)[C@@H](OC2CCCCO2)C[C@@H]1O[Si](C)(C)C(C)(C)C. The molecule has 1 aliphatic carbocycles. The van der Waals surface area contributed by atoms with Gasteiger partial charge in [-0.3, -0.25) is 0 Å². The zero-order valence-corrected chi connectivity index (χ0v) is 30.4. The van der Waals surface area contributed by atoms with E-state index >= 15 is 0 Å². The Hall–Kier alpha value is -1.34. The van der Waals surface area contributed by atoms with E-state index < -0.39 is 8.32 Å². The summed E-state index contributed by atoms with van der Waals surface area (Å²) in [5.41, 5.74) is 1.18. The number of alkyl halides is 1. The quantitative estimate of drug-likeness (QED) is 0.0891. The van der Waals surface area contributed by atoms with Crippen molar-refractivity contribution in [1.82, 2.24) is 0 Å². The molecule has 3 aliphatic rings. The van der Waals surface area contributed by atoms with Crippen LogP contribution in [-0.2, 0) is 23.4 Å². The highest BCUT2D eigenvalue weighted by Gasteiger charge is 2.51. The monoisotopic (exact) mass is 690 g/mol. The standard InChI is InChI=1S/C36H55BrO6Si/c1-8-27(37)24-29-31(43-44(6,7)36(3,4)5)25-32(42-34-19-13-15-22-40-34)35(29)26(2)30(41-33-18-12-14-21-39-33)20-23-38-28-16-10-9-11-17-28/h1,9-11,16-17,27,29,31-35H,12-15,18-25H2,2-7H3/t27-,29-,31-,32-,33?,34?,35+/m0/s1. The first-order valence-electron chi connectivity index (χ1n) is 16.7. The molecular formula is C36H55BrO6Si. The summed E-state index contributed by atoms with van der Waals surface area (Å²) in [5.74, 6) is 4.92. The Balaban J connectivity index is 1.69. The van der Waals surface area contributed by atoms with Gasteiger partial charge in [0, 0.05) is 25.4 Å². The van der Waals surface area contributed by atoms with E-state index in [0.717, 1.165) is 76.1 Å². The van der Waals surface area contributed by atoms with Crippen LogP contribution in [0, 0.1) is 24.2 Å². The lowest BCUT2D eigenvalue weighted by Crippen LogP contribution is -2.45. The highest BCUT2D eigenvalue weighted by atomic mass is 79.9. The fourth-order valence-electron chi connectivity index (χ4n) is 6.38. The van der Waals surface area contributed by atoms with Gasteiger partial charge >= 0.3 is 0 Å². The molecule has 2 saturated heterocycles. The molecule has 44 heavy (non-hydrogen) atoms. The number of hydrogen-bond donors (Lipinski definition) is 0. The van der Waals surface area contributed by atoms with Gasteiger partial charge in [0.05, 0.1) is 30.2 Å². The van der Waals surface area contributed by atoms with Crippen LogP contribution in [0.2, 0.25) is 18.1 Å². The Morgan fingerprint density at radius 1 is 1.02 bits per heavy atom. The van der Waals surface area contributed by atoms with Gasteiger partial charge in [0.25, 0.3) is 0 Å². The summed E-state index contributed by atoms with van der Waals surface area (Å²) >= 11 is 3.78. The molecule has 3 fully saturated rings. The Kier molecular flexibility index (Phi) is 13.3. The van der Waals surface area contributed by atoms with Crippen LogP contribution in [0.5, 0.6) is 5.75 Å². The van der Waals surface area contributed by atoms with Crippen LogP contribution >= 0.6 is 15.9 Å². The van der Waals surface area contributed by atoms with Crippen LogP contribution in [0.4, 0.5) is 0 Å². The predicted octanol–water partition coefficient (Wildman–Crippen LogP) is 9.00. The number of ether oxygens (including phenoxy) is 5. The molecule has 0 bridgehead atoms. The van der Waals surface area contributed by atoms with Crippen LogP contribution in [0.1, 0.15) is 85.5 Å². The molecule has 0 amide bonds. The maximum Gasteiger partial charge on any atom is 0.199 e. The molecule has 4 rings (SSSR count). The normalized spacial score (nSPS) is 29.4. The van der Waals surface area contributed by atoms with E-state index in [9.17, 15) is 0 Å². The van der Waals surface area contributed by atoms with Crippen molar-refractivity contribution in [2.45, 2.75) is 133 Å². The second-order valence-electron chi connectivity index (χ2n) is 14.1. The minimum Gasteiger partial charge on any atom is -0.493 e. The van der Waals surface area contributed by atoms with Crippen molar-refractivity contribution >= 4 is 24.2 Å². The smallest absolute Gasteiger partial charge is 0.199 e. The largest absolute Gasteiger partial charge is 0.493 e. The molecule has 2 heterocycles. The zero-order valence-electron chi connectivity index (χ0n) is 27.8. The molecule has 7 atom stereocenters. The third-order valence-electron chi connectivity index (χ3n) is 9.87. The minimum atomic E-state index is -2.08. The van der Waals surface area contributed by atoms with Gasteiger partial charge in [0.1, 0.15) is 11.5 Å². The van der Waals surface area contributed by atoms with Crippen LogP contribution in [-0.4, -0.2) is 57.8 Å². The van der Waals surface area contributed by atoms with Crippen molar-refractivity contribution in [2.24, 2.45) is 11.8 Å². The molecule has 6 nitrogen and oxygen atoms in total. The molecule has 2 aliphatic heterocycles. The lowest BCUT2D eigenvalue weighted by Gasteiger charge is -2.40. The summed E-state index contributed by atoms with van der Waals surface area (Å²) in [7, 11) is -2.08. The predicted molar refractivity (Wildman–Crippen MR) is 182 cm³/mol. The molecule has 0 N–H and O–H groups in total. The number of terminal acetylenes is 1. The first kappa shape index (κ1) is 35.5. The van der Waals surface area contributed by atoms with E-state index in [2.05, 4.69) is 62.6 Å². The van der Waals surface area contributed by atoms with E-state index in [1.54, 1.807) is 0 Å². The van der Waals surface area contributed by atoms with Crippen LogP contribution in [0.3, 0.4) is 0 Å². The van der Waals surface area contributed by atoms with Crippen molar-refractivity contribution in [1.29, 1.82) is 0 Å². The van der Waals surface area contributed by atoms with Gasteiger partial charge in [-0.05, 0) is 93.6 Å². The Morgan fingerprint density at radius 3 is 2.27 bits per heavy atom. The van der Waals surface area contributed by atoms with Gasteiger partial charge in [-0.25, -0.2) is 0 Å². The van der Waals surface area contributed by atoms with Crippen molar-refractivity contribution in [3.63, 3.8) is 0 Å². The molecule has 0 radical (unpaired) electrons. The molecule has 8 heteroatoms. The van der Waals surface area contributed by atoms with Crippen molar-refractivity contribution in [2.75, 3.05) is 19.8 Å². The Bertz CT molecular complexity index is 1080. The fraction of sp³-hybridized carbons (Fsp3) is 0.722. The molecule has 1 saturated carbocycles. The number of halogens is 1. The Labute approximate surface area is 276 Å². The van der Waals surface area contributed by atoms with Gasteiger partial charge in [0.2, 0.25) is 0 Å². The van der Waals surface area contributed by atoms with E-state index in [1.165, 1.54) is 5.57 Å². The summed E-state index contributed by atoms with van der Waals surface area (Å²) in [6, 6.07) is 9.96. The van der Waals surface area contributed by atoms with Gasteiger partial charge in [-0.1, -0.05) is 60.8 Å². The maximum atomic E-state index is 7.21. The minimum absolute atomic E-state index is 0.0191. The first-order chi connectivity index (χ1) is 21.0. The number of rotatable bonds is 13. The molecule has 1 aromatic rings. The average Bonchev–Trinajstić information content (AvgIpc) is 3.32. The fourth-order valence-corrected chi connectivity index (χ4v) is 8.20. The van der Waals surface area contributed by atoms with Gasteiger partial charge in [0.15, 0.2) is 20.9 Å². The van der Waals surface area contributed by atoms with Crippen molar-refractivity contribution in [3.05, 3.63) is 41.7 Å². The number of para-hydroxylation sites is 1. The van der Waals surface area contributed by atoms with E-state index in [1.807, 2.05) is 30.3 Å². The summed E-state index contributed by atoms with van der Waals surface area (Å²) in [4.78, 5) is -0.0644. The second-order valence-corrected chi connectivity index (χ2v) is 20.0. The molecule has 2 unspecified atom stereocenters. The van der Waals surface area contributed by atoms with Gasteiger partial charge in [-0.15, -0.1) is 6.42 Å². The molecule has 1 aromatic carbocycles. The number of hydrogen-bond acceptors (Lipinski definition) is 6. The average molecular weight is 692 g/mol. The van der Waals surface area contributed by atoms with E-state index in [-0.39, 0.29) is 46.5 Å². The lowest BCUT2D eigenvalue weighted by atomic mass is 9.83. The van der Waals surface area contributed by atoms with Crippen LogP contribution < -0.4 is 4.74 Å². The lowest BCUT2D eigenvalue weighted by molar-refractivity contribution is -0.194. The van der Waals surface area contributed by atoms with Crippen molar-refractivity contribution in [3.8, 4) is 18.1 Å².